The van der Waals surface area contributed by atoms with Gasteiger partial charge in [-0.25, -0.2) is 0 Å². The summed E-state index contributed by atoms with van der Waals surface area (Å²) in [6.45, 7) is 6.56. The largest absolute Gasteiger partial charge is 0.382 e. The lowest BCUT2D eigenvalue weighted by atomic mass is 9.75. The van der Waals surface area contributed by atoms with Crippen LogP contribution in [0.25, 0.3) is 0 Å². The summed E-state index contributed by atoms with van der Waals surface area (Å²) >= 11 is 0. The number of rotatable bonds is 4. The highest BCUT2D eigenvalue weighted by Crippen LogP contribution is 2.36. The monoisotopic (exact) mass is 274 g/mol. The Hall–Kier alpha value is -1.51. The van der Waals surface area contributed by atoms with Crippen LogP contribution < -0.4 is 10.6 Å². The molecule has 3 heteroatoms. The number of hydrogen-bond acceptors (Lipinski definition) is 2. The predicted molar refractivity (Wildman–Crippen MR) is 85.0 cm³/mol. The van der Waals surface area contributed by atoms with E-state index in [1.54, 1.807) is 0 Å². The van der Waals surface area contributed by atoms with Crippen LogP contribution in [0.1, 0.15) is 52.9 Å². The van der Waals surface area contributed by atoms with Crippen molar-refractivity contribution in [1.82, 2.24) is 0 Å². The van der Waals surface area contributed by atoms with Gasteiger partial charge in [0.05, 0.1) is 0 Å². The number of benzene rings is 1. The number of nitrogens with one attached hydrogen (secondary N) is 2. The molecule has 3 nitrogen and oxygen atoms in total. The maximum absolute atomic E-state index is 11.4. The molecule has 0 atom stereocenters. The minimum Gasteiger partial charge on any atom is -0.382 e. The standard InChI is InChI=1S/C17H26N2O/c1-4-16(20)19-15-7-5-6-14(12-15)18-13-8-10-17(2,3)11-9-13/h5-7,12-13,18H,4,8-11H2,1-3H3,(H,19,20). The Kier molecular flexibility index (Phi) is 4.69. The number of carbonyl (C=O) groups is 1. The van der Waals surface area contributed by atoms with Gasteiger partial charge in [-0.3, -0.25) is 4.79 Å². The summed E-state index contributed by atoms with van der Waals surface area (Å²) in [7, 11) is 0. The van der Waals surface area contributed by atoms with Crippen molar-refractivity contribution < 1.29 is 4.79 Å². The van der Waals surface area contributed by atoms with Crippen molar-refractivity contribution in [1.29, 1.82) is 0 Å². The highest BCUT2D eigenvalue weighted by molar-refractivity contribution is 5.90. The molecule has 1 aliphatic rings. The molecule has 0 aromatic heterocycles. The lowest BCUT2D eigenvalue weighted by molar-refractivity contribution is -0.115. The minimum absolute atomic E-state index is 0.0570. The average Bonchev–Trinajstić information content (AvgIpc) is 2.41. The fourth-order valence-corrected chi connectivity index (χ4v) is 2.72. The Balaban J connectivity index is 1.93. The Morgan fingerprint density at radius 2 is 1.90 bits per heavy atom. The van der Waals surface area contributed by atoms with Crippen LogP contribution >= 0.6 is 0 Å². The predicted octanol–water partition coefficient (Wildman–Crippen LogP) is 4.42. The molecule has 0 spiro atoms. The van der Waals surface area contributed by atoms with Gasteiger partial charge in [-0.15, -0.1) is 0 Å². The van der Waals surface area contributed by atoms with Gasteiger partial charge in [0.25, 0.3) is 0 Å². The van der Waals surface area contributed by atoms with Gasteiger partial charge in [-0.05, 0) is 49.3 Å². The fraction of sp³-hybridized carbons (Fsp3) is 0.588. The molecule has 2 N–H and O–H groups in total. The molecule has 20 heavy (non-hydrogen) atoms. The van der Waals surface area contributed by atoms with Gasteiger partial charge in [0.1, 0.15) is 0 Å². The second kappa shape index (κ2) is 6.29. The maximum Gasteiger partial charge on any atom is 0.224 e. The van der Waals surface area contributed by atoms with Crippen LogP contribution in [0.15, 0.2) is 24.3 Å². The number of anilines is 2. The molecule has 1 aromatic rings. The van der Waals surface area contributed by atoms with E-state index in [0.29, 0.717) is 17.9 Å². The first kappa shape index (κ1) is 14.9. The second-order valence-corrected chi connectivity index (χ2v) is 6.57. The molecule has 0 saturated heterocycles. The summed E-state index contributed by atoms with van der Waals surface area (Å²) < 4.78 is 0. The van der Waals surface area contributed by atoms with E-state index in [1.807, 2.05) is 25.1 Å². The number of carbonyl (C=O) groups excluding carboxylic acids is 1. The van der Waals surface area contributed by atoms with Crippen molar-refractivity contribution in [3.05, 3.63) is 24.3 Å². The Morgan fingerprint density at radius 3 is 2.55 bits per heavy atom. The zero-order chi connectivity index (χ0) is 14.6. The zero-order valence-electron chi connectivity index (χ0n) is 12.8. The second-order valence-electron chi connectivity index (χ2n) is 6.57. The van der Waals surface area contributed by atoms with Crippen molar-refractivity contribution in [3.8, 4) is 0 Å². The van der Waals surface area contributed by atoms with Crippen LogP contribution in [0.3, 0.4) is 0 Å². The van der Waals surface area contributed by atoms with E-state index in [4.69, 9.17) is 0 Å². The van der Waals surface area contributed by atoms with Crippen LogP contribution in [-0.2, 0) is 4.79 Å². The van der Waals surface area contributed by atoms with Crippen molar-refractivity contribution >= 4 is 17.3 Å². The molecule has 0 radical (unpaired) electrons. The summed E-state index contributed by atoms with van der Waals surface area (Å²) in [4.78, 5) is 11.4. The average molecular weight is 274 g/mol. The van der Waals surface area contributed by atoms with Crippen LogP contribution in [-0.4, -0.2) is 11.9 Å². The van der Waals surface area contributed by atoms with Crippen LogP contribution in [0, 0.1) is 5.41 Å². The Bertz CT molecular complexity index is 458. The SMILES string of the molecule is CCC(=O)Nc1cccc(NC2CCC(C)(C)CC2)c1. The zero-order valence-corrected chi connectivity index (χ0v) is 12.8. The van der Waals surface area contributed by atoms with E-state index in [1.165, 1.54) is 25.7 Å². The van der Waals surface area contributed by atoms with Crippen molar-refractivity contribution in [2.75, 3.05) is 10.6 Å². The van der Waals surface area contributed by atoms with E-state index in [-0.39, 0.29) is 5.91 Å². The van der Waals surface area contributed by atoms with Gasteiger partial charge in [-0.1, -0.05) is 26.8 Å². The van der Waals surface area contributed by atoms with Crippen molar-refractivity contribution in [2.45, 2.75) is 58.9 Å². The summed E-state index contributed by atoms with van der Waals surface area (Å²) in [6, 6.07) is 8.57. The highest BCUT2D eigenvalue weighted by atomic mass is 16.1. The van der Waals surface area contributed by atoms with E-state index >= 15 is 0 Å². The first-order valence-electron chi connectivity index (χ1n) is 7.65. The quantitative estimate of drug-likeness (QED) is 0.853. The molecular weight excluding hydrogens is 248 g/mol. The molecule has 1 saturated carbocycles. The summed E-state index contributed by atoms with van der Waals surface area (Å²) in [5.74, 6) is 0.0570. The molecule has 2 rings (SSSR count). The lowest BCUT2D eigenvalue weighted by Gasteiger charge is -2.35. The topological polar surface area (TPSA) is 41.1 Å². The summed E-state index contributed by atoms with van der Waals surface area (Å²) in [6.07, 6.45) is 5.50. The molecule has 0 bridgehead atoms. The molecular formula is C17H26N2O. The first-order valence-corrected chi connectivity index (χ1v) is 7.65. The Morgan fingerprint density at radius 1 is 1.25 bits per heavy atom. The molecule has 110 valence electrons. The summed E-state index contributed by atoms with van der Waals surface area (Å²) in [5.41, 5.74) is 2.47. The van der Waals surface area contributed by atoms with Crippen LogP contribution in [0.4, 0.5) is 11.4 Å². The first-order chi connectivity index (χ1) is 9.48. The van der Waals surface area contributed by atoms with Gasteiger partial charge in [0.2, 0.25) is 5.91 Å². The van der Waals surface area contributed by atoms with E-state index in [9.17, 15) is 4.79 Å². The third-order valence-electron chi connectivity index (χ3n) is 4.18. The summed E-state index contributed by atoms with van der Waals surface area (Å²) in [5, 5.41) is 6.50. The van der Waals surface area contributed by atoms with E-state index in [0.717, 1.165) is 11.4 Å². The lowest BCUT2D eigenvalue weighted by Crippen LogP contribution is -2.29. The van der Waals surface area contributed by atoms with Crippen molar-refractivity contribution in [2.24, 2.45) is 5.41 Å². The van der Waals surface area contributed by atoms with Gasteiger partial charge >= 0.3 is 0 Å². The molecule has 1 aliphatic carbocycles. The van der Waals surface area contributed by atoms with Gasteiger partial charge < -0.3 is 10.6 Å². The Labute approximate surface area is 122 Å². The fourth-order valence-electron chi connectivity index (χ4n) is 2.72. The molecule has 0 aliphatic heterocycles. The smallest absolute Gasteiger partial charge is 0.224 e. The van der Waals surface area contributed by atoms with Gasteiger partial charge in [0.15, 0.2) is 0 Å². The van der Waals surface area contributed by atoms with E-state index in [2.05, 4.69) is 30.5 Å². The molecule has 1 aromatic carbocycles. The normalized spacial score (nSPS) is 18.6. The molecule has 0 heterocycles. The molecule has 1 fully saturated rings. The highest BCUT2D eigenvalue weighted by Gasteiger charge is 2.26. The van der Waals surface area contributed by atoms with Crippen LogP contribution in [0.2, 0.25) is 0 Å². The van der Waals surface area contributed by atoms with E-state index < -0.39 is 0 Å². The maximum atomic E-state index is 11.4. The number of amides is 1. The molecule has 1 amide bonds. The molecule has 0 unspecified atom stereocenters. The minimum atomic E-state index is 0.0570. The third kappa shape index (κ3) is 4.26. The van der Waals surface area contributed by atoms with Crippen molar-refractivity contribution in [3.63, 3.8) is 0 Å². The third-order valence-corrected chi connectivity index (χ3v) is 4.18. The van der Waals surface area contributed by atoms with Gasteiger partial charge in [0, 0.05) is 23.8 Å². The van der Waals surface area contributed by atoms with Gasteiger partial charge in [-0.2, -0.15) is 0 Å². The van der Waals surface area contributed by atoms with Crippen LogP contribution in [0.5, 0.6) is 0 Å². The number of hydrogen-bond donors (Lipinski definition) is 2.